The normalized spacial score (nSPS) is 16.0. The summed E-state index contributed by atoms with van der Waals surface area (Å²) >= 11 is 5.98. The molecular formula is C23H23ClN6O. The Morgan fingerprint density at radius 2 is 1.81 bits per heavy atom. The van der Waals surface area contributed by atoms with Gasteiger partial charge in [-0.2, -0.15) is 0 Å². The third-order valence-electron chi connectivity index (χ3n) is 6.04. The number of anilines is 2. The van der Waals surface area contributed by atoms with Crippen LogP contribution < -0.4 is 10.6 Å². The van der Waals surface area contributed by atoms with Crippen LogP contribution in [-0.2, 0) is 0 Å². The fourth-order valence-electron chi connectivity index (χ4n) is 4.42. The molecule has 0 spiro atoms. The molecule has 4 aromatic rings. The van der Waals surface area contributed by atoms with Crippen molar-refractivity contribution in [3.05, 3.63) is 65.6 Å². The number of nitrogens with one attached hydrogen (secondary N) is 1. The molecule has 0 amide bonds. The number of nitrogens with zero attached hydrogens (tertiary/aromatic N) is 4. The van der Waals surface area contributed by atoms with Gasteiger partial charge in [0.2, 0.25) is 5.95 Å². The van der Waals surface area contributed by atoms with Crippen LogP contribution in [0.15, 0.2) is 55.0 Å². The lowest BCUT2D eigenvalue weighted by molar-refractivity contribution is 0.0930. The maximum atomic E-state index is 10.8. The molecule has 1 aromatic carbocycles. The Balaban J connectivity index is 1.40. The fraction of sp³-hybridized carbons (Fsp3) is 0.261. The third kappa shape index (κ3) is 3.82. The Kier molecular flexibility index (Phi) is 5.21. The number of halogens is 1. The maximum Gasteiger partial charge on any atom is 0.220 e. The van der Waals surface area contributed by atoms with Gasteiger partial charge in [0.1, 0.15) is 5.65 Å². The van der Waals surface area contributed by atoms with E-state index in [1.807, 2.05) is 48.8 Å². The van der Waals surface area contributed by atoms with Gasteiger partial charge in [0.25, 0.3) is 0 Å². The van der Waals surface area contributed by atoms with Crippen molar-refractivity contribution in [1.82, 2.24) is 19.9 Å². The van der Waals surface area contributed by atoms with Gasteiger partial charge in [-0.25, -0.2) is 15.0 Å². The first kappa shape index (κ1) is 19.8. The van der Waals surface area contributed by atoms with E-state index in [2.05, 4.69) is 24.8 Å². The van der Waals surface area contributed by atoms with Crippen molar-refractivity contribution in [2.24, 2.45) is 5.92 Å². The quantitative estimate of drug-likeness (QED) is 0.444. The van der Waals surface area contributed by atoms with Crippen LogP contribution in [0, 0.1) is 5.92 Å². The minimum absolute atomic E-state index is 0.210. The second kappa shape index (κ2) is 8.17. The number of rotatable bonds is 4. The highest BCUT2D eigenvalue weighted by Gasteiger charge is 2.28. The molecule has 1 fully saturated rings. The minimum atomic E-state index is -0.483. The minimum Gasteiger partial charge on any atom is -0.388 e. The van der Waals surface area contributed by atoms with Crippen LogP contribution in [0.5, 0.6) is 0 Å². The van der Waals surface area contributed by atoms with Crippen molar-refractivity contribution in [3.63, 3.8) is 0 Å². The maximum absolute atomic E-state index is 10.8. The summed E-state index contributed by atoms with van der Waals surface area (Å²) in [5.41, 5.74) is 10.4. The Labute approximate surface area is 184 Å². The molecule has 1 atom stereocenters. The van der Waals surface area contributed by atoms with Crippen LogP contribution in [0.3, 0.4) is 0 Å². The molecule has 3 aromatic heterocycles. The van der Waals surface area contributed by atoms with E-state index in [-0.39, 0.29) is 11.9 Å². The number of hydrogen-bond donors (Lipinski definition) is 3. The zero-order chi connectivity index (χ0) is 21.4. The van der Waals surface area contributed by atoms with E-state index in [1.54, 1.807) is 6.20 Å². The van der Waals surface area contributed by atoms with Crippen LogP contribution in [0.1, 0.15) is 24.5 Å². The zero-order valence-corrected chi connectivity index (χ0v) is 17.6. The van der Waals surface area contributed by atoms with E-state index in [9.17, 15) is 5.11 Å². The first-order valence-corrected chi connectivity index (χ1v) is 10.7. The number of aliphatic hydroxyl groups is 1. The average Bonchev–Trinajstić information content (AvgIpc) is 3.24. The summed E-state index contributed by atoms with van der Waals surface area (Å²) in [4.78, 5) is 18.5. The number of nitrogen functional groups attached to an aromatic ring is 1. The number of fused-ring (bicyclic) bond motifs is 1. The molecule has 0 bridgehead atoms. The highest BCUT2D eigenvalue weighted by Crippen LogP contribution is 2.38. The van der Waals surface area contributed by atoms with E-state index < -0.39 is 6.10 Å². The van der Waals surface area contributed by atoms with Crippen LogP contribution in [0.4, 0.5) is 11.6 Å². The Hall–Kier alpha value is -3.16. The van der Waals surface area contributed by atoms with Gasteiger partial charge in [-0.05, 0) is 48.6 Å². The second-order valence-electron chi connectivity index (χ2n) is 7.88. The number of H-pyrrole nitrogens is 1. The predicted octanol–water partition coefficient (Wildman–Crippen LogP) is 4.21. The largest absolute Gasteiger partial charge is 0.388 e. The molecule has 0 unspecified atom stereocenters. The number of aromatic amines is 1. The van der Waals surface area contributed by atoms with E-state index >= 15 is 0 Å². The van der Waals surface area contributed by atoms with Crippen molar-refractivity contribution in [2.75, 3.05) is 23.7 Å². The molecule has 1 aliphatic heterocycles. The van der Waals surface area contributed by atoms with Gasteiger partial charge in [-0.15, -0.1) is 0 Å². The number of hydrogen-bond acceptors (Lipinski definition) is 6. The lowest BCUT2D eigenvalue weighted by Gasteiger charge is -2.36. The Morgan fingerprint density at radius 1 is 1.06 bits per heavy atom. The van der Waals surface area contributed by atoms with Crippen molar-refractivity contribution in [1.29, 1.82) is 0 Å². The number of aromatic nitrogens is 4. The van der Waals surface area contributed by atoms with Gasteiger partial charge < -0.3 is 20.7 Å². The number of benzene rings is 1. The molecule has 31 heavy (non-hydrogen) atoms. The number of nitrogens with two attached hydrogens (primary N) is 1. The zero-order valence-electron chi connectivity index (χ0n) is 16.9. The van der Waals surface area contributed by atoms with E-state index in [0.29, 0.717) is 5.02 Å². The lowest BCUT2D eigenvalue weighted by Crippen LogP contribution is -2.35. The molecule has 5 rings (SSSR count). The highest BCUT2D eigenvalue weighted by molar-refractivity contribution is 6.30. The number of pyridine rings is 1. The molecule has 158 valence electrons. The molecule has 0 saturated carbocycles. The van der Waals surface area contributed by atoms with Gasteiger partial charge in [-0.1, -0.05) is 23.7 Å². The molecular weight excluding hydrogens is 412 g/mol. The van der Waals surface area contributed by atoms with Crippen molar-refractivity contribution < 1.29 is 5.11 Å². The SMILES string of the molecule is Nc1nccc(-c2c[nH]c3nccc(N4CCC([C@H](O)c5ccc(Cl)cc5)CC4)c23)n1. The first-order chi connectivity index (χ1) is 15.1. The van der Waals surface area contributed by atoms with Crippen LogP contribution in [0.2, 0.25) is 5.02 Å². The Bertz CT molecular complexity index is 1200. The van der Waals surface area contributed by atoms with Crippen LogP contribution in [0.25, 0.3) is 22.3 Å². The number of piperidine rings is 1. The summed E-state index contributed by atoms with van der Waals surface area (Å²) < 4.78 is 0. The van der Waals surface area contributed by atoms with E-state index in [4.69, 9.17) is 17.3 Å². The third-order valence-corrected chi connectivity index (χ3v) is 6.29. The average molecular weight is 435 g/mol. The predicted molar refractivity (Wildman–Crippen MR) is 123 cm³/mol. The summed E-state index contributed by atoms with van der Waals surface area (Å²) in [7, 11) is 0. The standard InChI is InChI=1S/C23H23ClN6O/c24-16-3-1-14(2-4-16)21(31)15-7-11-30(12-8-15)19-6-10-26-22-20(19)17(13-28-22)18-5-9-27-23(25)29-18/h1-6,9-10,13,15,21,31H,7-8,11-12H2,(H,26,28)(H2,25,27,29)/t21-/m1/s1. The molecule has 4 heterocycles. The van der Waals surface area contributed by atoms with Gasteiger partial charge in [0, 0.05) is 48.0 Å². The monoisotopic (exact) mass is 434 g/mol. The topological polar surface area (TPSA) is 104 Å². The summed E-state index contributed by atoms with van der Waals surface area (Å²) in [6.07, 6.45) is 6.71. The van der Waals surface area contributed by atoms with Crippen molar-refractivity contribution in [2.45, 2.75) is 18.9 Å². The molecule has 0 aliphatic carbocycles. The summed E-state index contributed by atoms with van der Waals surface area (Å²) in [6.45, 7) is 1.70. The summed E-state index contributed by atoms with van der Waals surface area (Å²) in [5.74, 6) is 0.455. The molecule has 4 N–H and O–H groups in total. The van der Waals surface area contributed by atoms with Gasteiger partial charge in [0.05, 0.1) is 17.2 Å². The van der Waals surface area contributed by atoms with Gasteiger partial charge >= 0.3 is 0 Å². The summed E-state index contributed by atoms with van der Waals surface area (Å²) in [5, 5.41) is 12.6. The van der Waals surface area contributed by atoms with Crippen molar-refractivity contribution in [3.8, 4) is 11.3 Å². The highest BCUT2D eigenvalue weighted by atomic mass is 35.5. The van der Waals surface area contributed by atoms with E-state index in [0.717, 1.165) is 59.5 Å². The Morgan fingerprint density at radius 3 is 2.55 bits per heavy atom. The first-order valence-electron chi connectivity index (χ1n) is 10.3. The fourth-order valence-corrected chi connectivity index (χ4v) is 4.54. The van der Waals surface area contributed by atoms with Gasteiger partial charge in [0.15, 0.2) is 0 Å². The molecule has 1 saturated heterocycles. The van der Waals surface area contributed by atoms with Gasteiger partial charge in [-0.3, -0.25) is 0 Å². The molecule has 8 heteroatoms. The molecule has 1 aliphatic rings. The van der Waals surface area contributed by atoms with Crippen LogP contribution in [-0.4, -0.2) is 38.1 Å². The summed E-state index contributed by atoms with van der Waals surface area (Å²) in [6, 6.07) is 11.4. The molecule has 0 radical (unpaired) electrons. The molecule has 7 nitrogen and oxygen atoms in total. The smallest absolute Gasteiger partial charge is 0.220 e. The number of aliphatic hydroxyl groups excluding tert-OH is 1. The van der Waals surface area contributed by atoms with E-state index in [1.165, 1.54) is 0 Å². The van der Waals surface area contributed by atoms with Crippen LogP contribution >= 0.6 is 11.6 Å². The second-order valence-corrected chi connectivity index (χ2v) is 8.31. The lowest BCUT2D eigenvalue weighted by atomic mass is 9.87. The van der Waals surface area contributed by atoms with Crippen molar-refractivity contribution >= 4 is 34.3 Å².